The first kappa shape index (κ1) is 29.2. The highest BCUT2D eigenvalue weighted by molar-refractivity contribution is 5.76. The highest BCUT2D eigenvalue weighted by Crippen LogP contribution is 2.22. The first-order chi connectivity index (χ1) is 15.3. The summed E-state index contributed by atoms with van der Waals surface area (Å²) in [6.45, 7) is 3.08. The number of nitrogens with one attached hydrogen (secondary N) is 1. The standard InChI is InChI=1S/C22H43NO9/c1-3-5-6-7-8-9-11-17(26)23-14(18(27)15(25)10-4-2)13-31-22-21(30)20(29)19(28)16(12-24)32-22/h14-16,18-22,24-25,27-30H,3-13H2,1-2H3,(H,23,26). The Kier molecular flexibility index (Phi) is 14.5. The summed E-state index contributed by atoms with van der Waals surface area (Å²) >= 11 is 0. The van der Waals surface area contributed by atoms with E-state index in [0.29, 0.717) is 19.3 Å². The molecule has 1 aliphatic heterocycles. The molecule has 0 aromatic heterocycles. The minimum atomic E-state index is -1.60. The molecule has 0 radical (unpaired) electrons. The first-order valence-corrected chi connectivity index (χ1v) is 11.8. The molecule has 7 N–H and O–H groups in total. The molecule has 8 atom stereocenters. The van der Waals surface area contributed by atoms with E-state index in [0.717, 1.165) is 25.7 Å². The minimum absolute atomic E-state index is 0.277. The van der Waals surface area contributed by atoms with Crippen LogP contribution in [0.5, 0.6) is 0 Å². The molecule has 1 rings (SSSR count). The number of unbranched alkanes of at least 4 members (excludes halogenated alkanes) is 5. The minimum Gasteiger partial charge on any atom is -0.394 e. The van der Waals surface area contributed by atoms with Crippen LogP contribution in [0.15, 0.2) is 0 Å². The van der Waals surface area contributed by atoms with E-state index in [2.05, 4.69) is 12.2 Å². The summed E-state index contributed by atoms with van der Waals surface area (Å²) in [6, 6.07) is -0.975. The van der Waals surface area contributed by atoms with Gasteiger partial charge < -0.3 is 45.4 Å². The van der Waals surface area contributed by atoms with Crippen molar-refractivity contribution < 1.29 is 44.9 Å². The molecule has 1 saturated heterocycles. The highest BCUT2D eigenvalue weighted by atomic mass is 16.7. The van der Waals surface area contributed by atoms with Crippen LogP contribution in [0.25, 0.3) is 0 Å². The molecular formula is C22H43NO9. The van der Waals surface area contributed by atoms with Crippen LogP contribution in [-0.2, 0) is 14.3 Å². The summed E-state index contributed by atoms with van der Waals surface area (Å²) in [5.74, 6) is -0.286. The Morgan fingerprint density at radius 1 is 0.969 bits per heavy atom. The Balaban J connectivity index is 2.66. The number of aliphatic hydroxyl groups excluding tert-OH is 6. The molecule has 32 heavy (non-hydrogen) atoms. The molecule has 190 valence electrons. The van der Waals surface area contributed by atoms with E-state index in [9.17, 15) is 35.4 Å². The van der Waals surface area contributed by atoms with E-state index in [1.54, 1.807) is 0 Å². The predicted octanol–water partition coefficient (Wildman–Crippen LogP) is -0.440. The van der Waals surface area contributed by atoms with E-state index in [4.69, 9.17) is 9.47 Å². The number of aliphatic hydroxyl groups is 6. The van der Waals surface area contributed by atoms with E-state index in [1.807, 2.05) is 6.92 Å². The van der Waals surface area contributed by atoms with Gasteiger partial charge in [-0.05, 0) is 12.8 Å². The van der Waals surface area contributed by atoms with E-state index in [-0.39, 0.29) is 18.9 Å². The van der Waals surface area contributed by atoms with Crippen molar-refractivity contribution in [2.75, 3.05) is 13.2 Å². The molecule has 0 aliphatic carbocycles. The fourth-order valence-electron chi connectivity index (χ4n) is 3.71. The van der Waals surface area contributed by atoms with Crippen molar-refractivity contribution in [2.45, 2.75) is 121 Å². The Labute approximate surface area is 190 Å². The topological polar surface area (TPSA) is 169 Å². The third-order valence-corrected chi connectivity index (χ3v) is 5.78. The summed E-state index contributed by atoms with van der Waals surface area (Å²) in [5.41, 5.74) is 0. The van der Waals surface area contributed by atoms with Crippen LogP contribution < -0.4 is 5.32 Å². The smallest absolute Gasteiger partial charge is 0.220 e. The van der Waals surface area contributed by atoms with Gasteiger partial charge in [0.1, 0.15) is 30.5 Å². The maximum atomic E-state index is 12.4. The van der Waals surface area contributed by atoms with Crippen molar-refractivity contribution in [2.24, 2.45) is 0 Å². The quantitative estimate of drug-likeness (QED) is 0.149. The van der Waals surface area contributed by atoms with Gasteiger partial charge in [-0.1, -0.05) is 52.4 Å². The number of carbonyl (C=O) groups is 1. The van der Waals surface area contributed by atoms with Gasteiger partial charge in [0, 0.05) is 6.42 Å². The van der Waals surface area contributed by atoms with Crippen LogP contribution >= 0.6 is 0 Å². The van der Waals surface area contributed by atoms with E-state index < -0.39 is 55.6 Å². The van der Waals surface area contributed by atoms with Crippen molar-refractivity contribution >= 4 is 5.91 Å². The summed E-state index contributed by atoms with van der Waals surface area (Å²) in [5, 5.41) is 62.6. The van der Waals surface area contributed by atoms with Gasteiger partial charge in [-0.15, -0.1) is 0 Å². The largest absolute Gasteiger partial charge is 0.394 e. The third-order valence-electron chi connectivity index (χ3n) is 5.78. The lowest BCUT2D eigenvalue weighted by Crippen LogP contribution is -2.60. The highest BCUT2D eigenvalue weighted by Gasteiger charge is 2.44. The zero-order valence-corrected chi connectivity index (χ0v) is 19.3. The number of hydrogen-bond donors (Lipinski definition) is 7. The molecule has 0 saturated carbocycles. The molecule has 8 unspecified atom stereocenters. The number of hydrogen-bond acceptors (Lipinski definition) is 9. The van der Waals surface area contributed by atoms with Gasteiger partial charge in [0.05, 0.1) is 25.4 Å². The van der Waals surface area contributed by atoms with Gasteiger partial charge >= 0.3 is 0 Å². The van der Waals surface area contributed by atoms with Crippen LogP contribution in [0.2, 0.25) is 0 Å². The number of rotatable bonds is 16. The molecule has 1 amide bonds. The summed E-state index contributed by atoms with van der Waals surface area (Å²) in [6.07, 6.45) is -2.23. The lowest BCUT2D eigenvalue weighted by atomic mass is 9.99. The molecular weight excluding hydrogens is 422 g/mol. The van der Waals surface area contributed by atoms with Crippen molar-refractivity contribution in [1.82, 2.24) is 5.32 Å². The van der Waals surface area contributed by atoms with Crippen LogP contribution in [0, 0.1) is 0 Å². The molecule has 0 spiro atoms. The molecule has 1 fully saturated rings. The van der Waals surface area contributed by atoms with Crippen molar-refractivity contribution in [3.8, 4) is 0 Å². The fourth-order valence-corrected chi connectivity index (χ4v) is 3.71. The molecule has 10 heteroatoms. The van der Waals surface area contributed by atoms with Crippen molar-refractivity contribution in [3.05, 3.63) is 0 Å². The maximum absolute atomic E-state index is 12.4. The Hall–Kier alpha value is -0.850. The Bertz CT molecular complexity index is 508. The van der Waals surface area contributed by atoms with Gasteiger partial charge in [0.15, 0.2) is 6.29 Å². The van der Waals surface area contributed by atoms with E-state index >= 15 is 0 Å². The van der Waals surface area contributed by atoms with Gasteiger partial charge in [0.2, 0.25) is 5.91 Å². The molecule has 1 aliphatic rings. The second-order valence-electron chi connectivity index (χ2n) is 8.57. The normalized spacial score (nSPS) is 28.8. The van der Waals surface area contributed by atoms with Crippen LogP contribution in [0.3, 0.4) is 0 Å². The monoisotopic (exact) mass is 465 g/mol. The zero-order valence-electron chi connectivity index (χ0n) is 19.3. The lowest BCUT2D eigenvalue weighted by Gasteiger charge is -2.40. The number of amides is 1. The van der Waals surface area contributed by atoms with Crippen molar-refractivity contribution in [3.63, 3.8) is 0 Å². The van der Waals surface area contributed by atoms with Crippen LogP contribution in [-0.4, -0.2) is 98.7 Å². The SMILES string of the molecule is CCCCCCCCC(=O)NC(COC1OC(CO)C(O)C(O)C1O)C(O)C(O)CCC. The average molecular weight is 466 g/mol. The third kappa shape index (κ3) is 9.56. The fraction of sp³-hybridized carbons (Fsp3) is 0.955. The number of carbonyl (C=O) groups excluding carboxylic acids is 1. The van der Waals surface area contributed by atoms with Gasteiger partial charge in [0.25, 0.3) is 0 Å². The second-order valence-corrected chi connectivity index (χ2v) is 8.57. The van der Waals surface area contributed by atoms with Gasteiger partial charge in [-0.25, -0.2) is 0 Å². The number of ether oxygens (including phenoxy) is 2. The van der Waals surface area contributed by atoms with Crippen LogP contribution in [0.1, 0.15) is 71.6 Å². The predicted molar refractivity (Wildman–Crippen MR) is 117 cm³/mol. The average Bonchev–Trinajstić information content (AvgIpc) is 2.78. The molecule has 0 aromatic carbocycles. The van der Waals surface area contributed by atoms with Gasteiger partial charge in [-0.3, -0.25) is 4.79 Å². The molecule has 10 nitrogen and oxygen atoms in total. The molecule has 1 heterocycles. The van der Waals surface area contributed by atoms with Crippen LogP contribution in [0.4, 0.5) is 0 Å². The van der Waals surface area contributed by atoms with E-state index in [1.165, 1.54) is 6.42 Å². The summed E-state index contributed by atoms with van der Waals surface area (Å²) < 4.78 is 10.8. The Morgan fingerprint density at radius 3 is 2.25 bits per heavy atom. The molecule has 0 aromatic rings. The lowest BCUT2D eigenvalue weighted by molar-refractivity contribution is -0.303. The summed E-state index contributed by atoms with van der Waals surface area (Å²) in [4.78, 5) is 12.4. The second kappa shape index (κ2) is 15.9. The Morgan fingerprint density at radius 2 is 1.62 bits per heavy atom. The van der Waals surface area contributed by atoms with Gasteiger partial charge in [-0.2, -0.15) is 0 Å². The zero-order chi connectivity index (χ0) is 24.1. The maximum Gasteiger partial charge on any atom is 0.220 e. The first-order valence-electron chi connectivity index (χ1n) is 11.8. The molecule has 0 bridgehead atoms. The summed E-state index contributed by atoms with van der Waals surface area (Å²) in [7, 11) is 0. The van der Waals surface area contributed by atoms with Crippen molar-refractivity contribution in [1.29, 1.82) is 0 Å².